The predicted octanol–water partition coefficient (Wildman–Crippen LogP) is 2.48. The van der Waals surface area contributed by atoms with E-state index in [4.69, 9.17) is 0 Å². The number of halogens is 3. The zero-order valence-corrected chi connectivity index (χ0v) is 10.1. The van der Waals surface area contributed by atoms with Gasteiger partial charge in [-0.15, -0.1) is 0 Å². The Balaban J connectivity index is 2.45. The summed E-state index contributed by atoms with van der Waals surface area (Å²) < 4.78 is 42.6. The number of carbonyl (C=O) groups excluding carboxylic acids is 2. The van der Waals surface area contributed by atoms with Gasteiger partial charge < -0.3 is 4.74 Å². The highest BCUT2D eigenvalue weighted by molar-refractivity contribution is 6.02. The lowest BCUT2D eigenvalue weighted by molar-refractivity contribution is -0.156. The summed E-state index contributed by atoms with van der Waals surface area (Å²) >= 11 is 0. The highest BCUT2D eigenvalue weighted by Gasteiger charge is 2.52. The predicted molar refractivity (Wildman–Crippen MR) is 59.4 cm³/mol. The van der Waals surface area contributed by atoms with E-state index in [-0.39, 0.29) is 24.2 Å². The summed E-state index contributed by atoms with van der Waals surface area (Å²) in [6, 6.07) is 4.47. The van der Waals surface area contributed by atoms with E-state index >= 15 is 0 Å². The molecule has 0 heterocycles. The maximum atomic E-state index is 12.7. The lowest BCUT2D eigenvalue weighted by atomic mass is 9.63. The zero-order chi connectivity index (χ0) is 14.3. The fourth-order valence-electron chi connectivity index (χ4n) is 2.28. The smallest absolute Gasteiger partial charge is 0.416 e. The Labute approximate surface area is 107 Å². The van der Waals surface area contributed by atoms with Crippen molar-refractivity contribution < 1.29 is 27.5 Å². The molecule has 0 aliphatic heterocycles. The fraction of sp³-hybridized carbons (Fsp3) is 0.385. The second-order valence-corrected chi connectivity index (χ2v) is 4.54. The van der Waals surface area contributed by atoms with Gasteiger partial charge in [0.05, 0.1) is 12.7 Å². The van der Waals surface area contributed by atoms with Crippen molar-refractivity contribution in [2.45, 2.75) is 24.4 Å². The number of Topliss-reactive ketones (excluding diaryl/α,β-unsaturated/α-hetero) is 1. The number of benzene rings is 1. The maximum absolute atomic E-state index is 12.7. The Bertz CT molecular complexity index is 526. The summed E-state index contributed by atoms with van der Waals surface area (Å²) in [4.78, 5) is 22.9. The summed E-state index contributed by atoms with van der Waals surface area (Å²) in [7, 11) is 1.15. The number of ketones is 1. The molecular formula is C13H11F3O3. The van der Waals surface area contributed by atoms with Crippen LogP contribution in [0.2, 0.25) is 0 Å². The van der Waals surface area contributed by atoms with Crippen LogP contribution in [0.3, 0.4) is 0 Å². The molecule has 6 heteroatoms. The molecule has 0 bridgehead atoms. The van der Waals surface area contributed by atoms with E-state index in [1.54, 1.807) is 0 Å². The van der Waals surface area contributed by atoms with Gasteiger partial charge in [0.15, 0.2) is 0 Å². The third-order valence-electron chi connectivity index (χ3n) is 3.32. The summed E-state index contributed by atoms with van der Waals surface area (Å²) in [5.74, 6) is -0.839. The number of esters is 1. The molecule has 19 heavy (non-hydrogen) atoms. The molecule has 102 valence electrons. The molecule has 1 aliphatic rings. The van der Waals surface area contributed by atoms with E-state index in [0.717, 1.165) is 19.2 Å². The molecule has 1 aromatic rings. The highest BCUT2D eigenvalue weighted by atomic mass is 19.4. The van der Waals surface area contributed by atoms with Crippen LogP contribution in [0.25, 0.3) is 0 Å². The second kappa shape index (κ2) is 4.36. The van der Waals surface area contributed by atoms with Gasteiger partial charge in [0.2, 0.25) is 0 Å². The minimum atomic E-state index is -4.49. The van der Waals surface area contributed by atoms with E-state index < -0.39 is 23.1 Å². The van der Waals surface area contributed by atoms with Crippen LogP contribution in [0.15, 0.2) is 24.3 Å². The standard InChI is InChI=1S/C13H11F3O3/c1-19-11(18)12(6-10(17)7-12)8-3-2-4-9(5-8)13(14,15)16/h2-5H,6-7H2,1H3. The lowest BCUT2D eigenvalue weighted by Crippen LogP contribution is -2.49. The third kappa shape index (κ3) is 2.22. The number of carbonyl (C=O) groups is 2. The first kappa shape index (κ1) is 13.6. The topological polar surface area (TPSA) is 43.4 Å². The van der Waals surface area contributed by atoms with Crippen molar-refractivity contribution in [1.82, 2.24) is 0 Å². The average Bonchev–Trinajstić information content (AvgIpc) is 2.33. The Morgan fingerprint density at radius 1 is 1.32 bits per heavy atom. The largest absolute Gasteiger partial charge is 0.468 e. The van der Waals surface area contributed by atoms with Crippen molar-refractivity contribution in [3.05, 3.63) is 35.4 Å². The number of hydrogen-bond donors (Lipinski definition) is 0. The molecule has 0 atom stereocenters. The molecule has 3 nitrogen and oxygen atoms in total. The Kier molecular flexibility index (Phi) is 3.12. The van der Waals surface area contributed by atoms with Crippen molar-refractivity contribution in [3.8, 4) is 0 Å². The van der Waals surface area contributed by atoms with Gasteiger partial charge in [-0.25, -0.2) is 0 Å². The van der Waals surface area contributed by atoms with Crippen molar-refractivity contribution in [2.75, 3.05) is 7.11 Å². The van der Waals surface area contributed by atoms with Gasteiger partial charge >= 0.3 is 12.1 Å². The summed E-state index contributed by atoms with van der Waals surface area (Å²) in [6.07, 6.45) is -4.71. The summed E-state index contributed by atoms with van der Waals surface area (Å²) in [6.45, 7) is 0. The van der Waals surface area contributed by atoms with Crippen LogP contribution in [-0.2, 0) is 25.9 Å². The molecule has 0 saturated heterocycles. The van der Waals surface area contributed by atoms with Crippen molar-refractivity contribution >= 4 is 11.8 Å². The monoisotopic (exact) mass is 272 g/mol. The van der Waals surface area contributed by atoms with E-state index in [2.05, 4.69) is 4.74 Å². The number of ether oxygens (including phenoxy) is 1. The van der Waals surface area contributed by atoms with Gasteiger partial charge in [-0.3, -0.25) is 9.59 Å². The van der Waals surface area contributed by atoms with Gasteiger partial charge in [-0.2, -0.15) is 13.2 Å². The molecule has 1 fully saturated rings. The molecule has 1 aromatic carbocycles. The molecule has 0 unspecified atom stereocenters. The van der Waals surface area contributed by atoms with Crippen LogP contribution in [-0.4, -0.2) is 18.9 Å². The Morgan fingerprint density at radius 2 is 1.95 bits per heavy atom. The first-order chi connectivity index (χ1) is 8.79. The van der Waals surface area contributed by atoms with Crippen LogP contribution in [0.1, 0.15) is 24.0 Å². The molecular weight excluding hydrogens is 261 g/mol. The molecule has 0 amide bonds. The minimum Gasteiger partial charge on any atom is -0.468 e. The van der Waals surface area contributed by atoms with E-state index in [0.29, 0.717) is 0 Å². The van der Waals surface area contributed by atoms with E-state index in [9.17, 15) is 22.8 Å². The molecule has 1 saturated carbocycles. The second-order valence-electron chi connectivity index (χ2n) is 4.54. The molecule has 0 spiro atoms. The number of rotatable bonds is 2. The Hall–Kier alpha value is -1.85. The van der Waals surface area contributed by atoms with Crippen LogP contribution >= 0.6 is 0 Å². The zero-order valence-electron chi connectivity index (χ0n) is 10.1. The van der Waals surface area contributed by atoms with Crippen LogP contribution in [0, 0.1) is 0 Å². The first-order valence-electron chi connectivity index (χ1n) is 5.57. The van der Waals surface area contributed by atoms with Crippen LogP contribution in [0.4, 0.5) is 13.2 Å². The van der Waals surface area contributed by atoms with Gasteiger partial charge in [0.1, 0.15) is 11.2 Å². The third-order valence-corrected chi connectivity index (χ3v) is 3.32. The van der Waals surface area contributed by atoms with Crippen LogP contribution in [0.5, 0.6) is 0 Å². The average molecular weight is 272 g/mol. The Morgan fingerprint density at radius 3 is 2.42 bits per heavy atom. The van der Waals surface area contributed by atoms with Crippen molar-refractivity contribution in [2.24, 2.45) is 0 Å². The molecule has 1 aliphatic carbocycles. The number of methoxy groups -OCH3 is 1. The lowest BCUT2D eigenvalue weighted by Gasteiger charge is -2.38. The normalized spacial score (nSPS) is 17.8. The summed E-state index contributed by atoms with van der Waals surface area (Å²) in [5, 5.41) is 0. The number of alkyl halides is 3. The quantitative estimate of drug-likeness (QED) is 0.777. The molecule has 0 aromatic heterocycles. The molecule has 0 N–H and O–H groups in total. The van der Waals surface area contributed by atoms with Gasteiger partial charge in [0.25, 0.3) is 0 Å². The van der Waals surface area contributed by atoms with Gasteiger partial charge in [-0.05, 0) is 11.6 Å². The van der Waals surface area contributed by atoms with Crippen LogP contribution < -0.4 is 0 Å². The fourth-order valence-corrected chi connectivity index (χ4v) is 2.28. The maximum Gasteiger partial charge on any atom is 0.416 e. The highest BCUT2D eigenvalue weighted by Crippen LogP contribution is 2.43. The van der Waals surface area contributed by atoms with Gasteiger partial charge in [-0.1, -0.05) is 18.2 Å². The van der Waals surface area contributed by atoms with Gasteiger partial charge in [0, 0.05) is 12.8 Å². The van der Waals surface area contributed by atoms with E-state index in [1.807, 2.05) is 0 Å². The minimum absolute atomic E-state index is 0.110. The summed E-state index contributed by atoms with van der Waals surface area (Å²) in [5.41, 5.74) is -1.92. The first-order valence-corrected chi connectivity index (χ1v) is 5.57. The van der Waals surface area contributed by atoms with E-state index in [1.165, 1.54) is 12.1 Å². The SMILES string of the molecule is COC(=O)C1(c2cccc(C(F)(F)F)c2)CC(=O)C1. The number of hydrogen-bond acceptors (Lipinski definition) is 3. The van der Waals surface area contributed by atoms with Crippen molar-refractivity contribution in [3.63, 3.8) is 0 Å². The molecule has 2 rings (SSSR count). The molecule has 0 radical (unpaired) electrons. The van der Waals surface area contributed by atoms with Crippen molar-refractivity contribution in [1.29, 1.82) is 0 Å².